The van der Waals surface area contributed by atoms with Crippen molar-refractivity contribution in [3.05, 3.63) is 0 Å². The SMILES string of the molecule is CCC1=NOC2(C1)CN1CCC2CC1. The Kier molecular flexibility index (Phi) is 1.84. The van der Waals surface area contributed by atoms with E-state index >= 15 is 0 Å². The molecule has 0 aromatic carbocycles. The van der Waals surface area contributed by atoms with Gasteiger partial charge in [0.2, 0.25) is 0 Å². The van der Waals surface area contributed by atoms with Crippen LogP contribution in [0.2, 0.25) is 0 Å². The second kappa shape index (κ2) is 2.96. The van der Waals surface area contributed by atoms with Crippen LogP contribution in [0, 0.1) is 5.92 Å². The first-order valence-electron chi connectivity index (χ1n) is 5.79. The van der Waals surface area contributed by atoms with E-state index in [0.29, 0.717) is 0 Å². The fraction of sp³-hybridized carbons (Fsp3) is 0.909. The number of hydrogen-bond acceptors (Lipinski definition) is 3. The normalized spacial score (nSPS) is 45.4. The predicted octanol–water partition coefficient (Wildman–Crippen LogP) is 1.64. The predicted molar refractivity (Wildman–Crippen MR) is 55.3 cm³/mol. The minimum absolute atomic E-state index is 0.0852. The van der Waals surface area contributed by atoms with Crippen LogP contribution < -0.4 is 0 Å². The largest absolute Gasteiger partial charge is 0.387 e. The lowest BCUT2D eigenvalue weighted by Crippen LogP contribution is -2.59. The zero-order valence-electron chi connectivity index (χ0n) is 8.83. The Hall–Kier alpha value is -0.570. The zero-order chi connectivity index (χ0) is 9.60. The highest BCUT2D eigenvalue weighted by Gasteiger charge is 2.51. The van der Waals surface area contributed by atoms with Gasteiger partial charge in [0.1, 0.15) is 0 Å². The lowest BCUT2D eigenvalue weighted by atomic mass is 9.73. The number of nitrogens with zero attached hydrogens (tertiary/aromatic N) is 2. The molecule has 78 valence electrons. The molecule has 0 aromatic heterocycles. The maximum Gasteiger partial charge on any atom is 0.158 e. The van der Waals surface area contributed by atoms with E-state index in [2.05, 4.69) is 17.0 Å². The molecule has 3 heteroatoms. The first-order valence-corrected chi connectivity index (χ1v) is 5.79. The first-order chi connectivity index (χ1) is 6.82. The third-order valence-electron chi connectivity index (χ3n) is 4.09. The molecule has 0 N–H and O–H groups in total. The summed E-state index contributed by atoms with van der Waals surface area (Å²) in [5.41, 5.74) is 1.35. The minimum atomic E-state index is 0.0852. The van der Waals surface area contributed by atoms with Crippen molar-refractivity contribution in [1.82, 2.24) is 4.90 Å². The molecule has 4 rings (SSSR count). The Labute approximate surface area is 85.1 Å². The van der Waals surface area contributed by atoms with Crippen LogP contribution in [0.25, 0.3) is 0 Å². The standard InChI is InChI=1S/C11H18N2O/c1-2-10-7-11(14-12-10)8-13-5-3-9(11)4-6-13/h9H,2-8H2,1H3. The first kappa shape index (κ1) is 8.72. The maximum absolute atomic E-state index is 5.77. The maximum atomic E-state index is 5.77. The van der Waals surface area contributed by atoms with Gasteiger partial charge in [0.05, 0.1) is 5.71 Å². The van der Waals surface area contributed by atoms with Gasteiger partial charge in [-0.1, -0.05) is 12.1 Å². The van der Waals surface area contributed by atoms with Crippen molar-refractivity contribution < 1.29 is 4.84 Å². The third kappa shape index (κ3) is 1.11. The summed E-state index contributed by atoms with van der Waals surface area (Å²) in [7, 11) is 0. The van der Waals surface area contributed by atoms with Crippen LogP contribution in [0.4, 0.5) is 0 Å². The van der Waals surface area contributed by atoms with Crippen molar-refractivity contribution in [2.24, 2.45) is 11.1 Å². The fourth-order valence-corrected chi connectivity index (χ4v) is 3.18. The summed E-state index contributed by atoms with van der Waals surface area (Å²) in [4.78, 5) is 8.30. The molecular formula is C11H18N2O. The average Bonchev–Trinajstić information content (AvgIpc) is 2.63. The summed E-state index contributed by atoms with van der Waals surface area (Å²) in [5.74, 6) is 0.764. The molecule has 4 heterocycles. The van der Waals surface area contributed by atoms with E-state index in [-0.39, 0.29) is 5.60 Å². The van der Waals surface area contributed by atoms with Crippen molar-refractivity contribution in [1.29, 1.82) is 0 Å². The number of piperidine rings is 3. The quantitative estimate of drug-likeness (QED) is 0.634. The van der Waals surface area contributed by atoms with Gasteiger partial charge in [0.25, 0.3) is 0 Å². The van der Waals surface area contributed by atoms with E-state index in [0.717, 1.165) is 25.3 Å². The Morgan fingerprint density at radius 3 is 2.79 bits per heavy atom. The highest BCUT2D eigenvalue weighted by atomic mass is 16.7. The summed E-state index contributed by atoms with van der Waals surface area (Å²) in [6.07, 6.45) is 4.76. The third-order valence-corrected chi connectivity index (χ3v) is 4.09. The number of fused-ring (bicyclic) bond motifs is 2. The lowest BCUT2D eigenvalue weighted by molar-refractivity contribution is -0.136. The molecule has 4 aliphatic rings. The van der Waals surface area contributed by atoms with E-state index in [1.807, 2.05) is 0 Å². The van der Waals surface area contributed by atoms with Gasteiger partial charge in [0, 0.05) is 18.9 Å². The smallest absolute Gasteiger partial charge is 0.158 e. The van der Waals surface area contributed by atoms with Gasteiger partial charge in [-0.15, -0.1) is 0 Å². The highest BCUT2D eigenvalue weighted by Crippen LogP contribution is 2.43. The van der Waals surface area contributed by atoms with Crippen molar-refractivity contribution in [2.45, 2.75) is 38.2 Å². The van der Waals surface area contributed by atoms with E-state index in [4.69, 9.17) is 4.84 Å². The molecule has 0 saturated carbocycles. The van der Waals surface area contributed by atoms with Crippen molar-refractivity contribution in [2.75, 3.05) is 19.6 Å². The van der Waals surface area contributed by atoms with Crippen LogP contribution in [0.5, 0.6) is 0 Å². The Morgan fingerprint density at radius 2 is 2.29 bits per heavy atom. The van der Waals surface area contributed by atoms with Gasteiger partial charge in [-0.3, -0.25) is 4.90 Å². The van der Waals surface area contributed by atoms with Gasteiger partial charge in [-0.05, 0) is 32.4 Å². The summed E-state index contributed by atoms with van der Waals surface area (Å²) in [5, 5.41) is 4.24. The molecule has 1 atom stereocenters. The summed E-state index contributed by atoms with van der Waals surface area (Å²) in [6.45, 7) is 5.84. The van der Waals surface area contributed by atoms with Crippen molar-refractivity contribution in [3.8, 4) is 0 Å². The van der Waals surface area contributed by atoms with Crippen LogP contribution in [0.1, 0.15) is 32.6 Å². The van der Waals surface area contributed by atoms with Crippen molar-refractivity contribution >= 4 is 5.71 Å². The Balaban J connectivity index is 1.80. The lowest BCUT2D eigenvalue weighted by Gasteiger charge is -2.49. The molecule has 3 fully saturated rings. The molecule has 0 aliphatic carbocycles. The van der Waals surface area contributed by atoms with Crippen LogP contribution in [0.15, 0.2) is 5.16 Å². The molecule has 2 bridgehead atoms. The van der Waals surface area contributed by atoms with Gasteiger partial charge >= 0.3 is 0 Å². The van der Waals surface area contributed by atoms with Crippen LogP contribution in [-0.2, 0) is 4.84 Å². The van der Waals surface area contributed by atoms with Gasteiger partial charge in [0.15, 0.2) is 5.60 Å². The Morgan fingerprint density at radius 1 is 1.50 bits per heavy atom. The molecule has 3 saturated heterocycles. The van der Waals surface area contributed by atoms with Crippen LogP contribution in [-0.4, -0.2) is 35.8 Å². The van der Waals surface area contributed by atoms with E-state index < -0.39 is 0 Å². The second-order valence-corrected chi connectivity index (χ2v) is 4.89. The molecule has 1 unspecified atom stereocenters. The summed E-state index contributed by atoms with van der Waals surface area (Å²) >= 11 is 0. The summed E-state index contributed by atoms with van der Waals surface area (Å²) < 4.78 is 0. The Bertz CT molecular complexity index is 268. The minimum Gasteiger partial charge on any atom is -0.387 e. The van der Waals surface area contributed by atoms with Crippen LogP contribution >= 0.6 is 0 Å². The molecule has 4 aliphatic heterocycles. The molecule has 3 nitrogen and oxygen atoms in total. The average molecular weight is 194 g/mol. The second-order valence-electron chi connectivity index (χ2n) is 4.89. The molecule has 0 amide bonds. The van der Waals surface area contributed by atoms with Gasteiger partial charge < -0.3 is 4.84 Å². The molecule has 1 spiro atoms. The van der Waals surface area contributed by atoms with E-state index in [1.165, 1.54) is 31.6 Å². The molecule has 0 aromatic rings. The fourth-order valence-electron chi connectivity index (χ4n) is 3.18. The monoisotopic (exact) mass is 194 g/mol. The highest BCUT2D eigenvalue weighted by molar-refractivity contribution is 5.85. The number of rotatable bonds is 1. The molecular weight excluding hydrogens is 176 g/mol. The van der Waals surface area contributed by atoms with Gasteiger partial charge in [-0.25, -0.2) is 0 Å². The zero-order valence-corrected chi connectivity index (χ0v) is 8.83. The summed E-state index contributed by atoms with van der Waals surface area (Å²) in [6, 6.07) is 0. The van der Waals surface area contributed by atoms with E-state index in [9.17, 15) is 0 Å². The number of hydrogen-bond donors (Lipinski definition) is 0. The van der Waals surface area contributed by atoms with Crippen LogP contribution in [0.3, 0.4) is 0 Å². The molecule has 14 heavy (non-hydrogen) atoms. The number of oxime groups is 1. The van der Waals surface area contributed by atoms with Crippen molar-refractivity contribution in [3.63, 3.8) is 0 Å². The van der Waals surface area contributed by atoms with E-state index in [1.54, 1.807) is 0 Å². The topological polar surface area (TPSA) is 24.8 Å². The molecule has 0 radical (unpaired) electrons. The van der Waals surface area contributed by atoms with Gasteiger partial charge in [-0.2, -0.15) is 0 Å².